The molecule has 0 aromatic heterocycles. The van der Waals surface area contributed by atoms with Crippen molar-refractivity contribution in [1.82, 2.24) is 4.90 Å². The molecule has 0 aliphatic carbocycles. The number of likely N-dealkylation sites (tertiary alicyclic amines) is 1. The molecule has 20 heavy (non-hydrogen) atoms. The normalized spacial score (nSPS) is 18.2. The van der Waals surface area contributed by atoms with Crippen molar-refractivity contribution in [2.75, 3.05) is 6.54 Å². The van der Waals surface area contributed by atoms with Crippen molar-refractivity contribution in [2.24, 2.45) is 0 Å². The van der Waals surface area contributed by atoms with Crippen LogP contribution in [0.5, 0.6) is 0 Å². The van der Waals surface area contributed by atoms with Crippen LogP contribution in [0.3, 0.4) is 0 Å². The second-order valence-electron chi connectivity index (χ2n) is 5.01. The number of hydrogen-bond donors (Lipinski definition) is 1. The van der Waals surface area contributed by atoms with E-state index in [9.17, 15) is 9.59 Å². The molecule has 0 bridgehead atoms. The van der Waals surface area contributed by atoms with Crippen LogP contribution in [0, 0.1) is 0 Å². The average Bonchev–Trinajstić information content (AvgIpc) is 2.87. The SMILES string of the molecule is O=C(O)CCCC(=O)N1CCCC1c1ccccc1Cl. The molecule has 1 N–H and O–H groups in total. The highest BCUT2D eigenvalue weighted by molar-refractivity contribution is 6.31. The minimum atomic E-state index is -0.859. The molecular formula is C15H18ClNO3. The van der Waals surface area contributed by atoms with Gasteiger partial charge < -0.3 is 10.0 Å². The molecule has 0 saturated carbocycles. The minimum absolute atomic E-state index is 0.0219. The van der Waals surface area contributed by atoms with Gasteiger partial charge in [0.25, 0.3) is 0 Å². The monoisotopic (exact) mass is 295 g/mol. The number of halogens is 1. The highest BCUT2D eigenvalue weighted by atomic mass is 35.5. The summed E-state index contributed by atoms with van der Waals surface area (Å²) in [5.41, 5.74) is 0.984. The third kappa shape index (κ3) is 3.51. The molecule has 1 aromatic rings. The number of hydrogen-bond acceptors (Lipinski definition) is 2. The van der Waals surface area contributed by atoms with E-state index in [0.717, 1.165) is 24.9 Å². The lowest BCUT2D eigenvalue weighted by Crippen LogP contribution is -2.30. The van der Waals surface area contributed by atoms with E-state index in [2.05, 4.69) is 0 Å². The van der Waals surface area contributed by atoms with Crippen molar-refractivity contribution in [3.05, 3.63) is 34.9 Å². The number of amides is 1. The van der Waals surface area contributed by atoms with Crippen LogP contribution >= 0.6 is 11.6 Å². The van der Waals surface area contributed by atoms with Crippen molar-refractivity contribution in [3.8, 4) is 0 Å². The fraction of sp³-hybridized carbons (Fsp3) is 0.467. The van der Waals surface area contributed by atoms with Gasteiger partial charge in [-0.25, -0.2) is 0 Å². The summed E-state index contributed by atoms with van der Waals surface area (Å²) in [6.45, 7) is 0.724. The molecule has 1 unspecified atom stereocenters. The molecule has 0 radical (unpaired) electrons. The van der Waals surface area contributed by atoms with Crippen LogP contribution in [-0.4, -0.2) is 28.4 Å². The summed E-state index contributed by atoms with van der Waals surface area (Å²) >= 11 is 6.20. The molecule has 5 heteroatoms. The van der Waals surface area contributed by atoms with Crippen LogP contribution in [0.2, 0.25) is 5.02 Å². The first-order chi connectivity index (χ1) is 9.59. The largest absolute Gasteiger partial charge is 0.481 e. The first-order valence-corrected chi connectivity index (χ1v) is 7.23. The molecule has 1 aromatic carbocycles. The summed E-state index contributed by atoms with van der Waals surface area (Å²) in [6, 6.07) is 7.62. The predicted octanol–water partition coefficient (Wildman–Crippen LogP) is 3.26. The second kappa shape index (κ2) is 6.75. The van der Waals surface area contributed by atoms with E-state index in [1.165, 1.54) is 0 Å². The Morgan fingerprint density at radius 2 is 2.05 bits per heavy atom. The Bertz CT molecular complexity index is 504. The molecule has 1 amide bonds. The summed E-state index contributed by atoms with van der Waals surface area (Å²) < 4.78 is 0. The Labute approximate surface area is 123 Å². The maximum Gasteiger partial charge on any atom is 0.303 e. The minimum Gasteiger partial charge on any atom is -0.481 e. The van der Waals surface area contributed by atoms with Gasteiger partial charge in [0.1, 0.15) is 0 Å². The van der Waals surface area contributed by atoms with E-state index in [-0.39, 0.29) is 24.8 Å². The van der Waals surface area contributed by atoms with Gasteiger partial charge in [-0.05, 0) is 30.9 Å². The van der Waals surface area contributed by atoms with Crippen LogP contribution < -0.4 is 0 Å². The number of carbonyl (C=O) groups excluding carboxylic acids is 1. The Morgan fingerprint density at radius 3 is 2.75 bits per heavy atom. The van der Waals surface area contributed by atoms with E-state index >= 15 is 0 Å². The number of rotatable bonds is 5. The van der Waals surface area contributed by atoms with Gasteiger partial charge in [0.2, 0.25) is 5.91 Å². The summed E-state index contributed by atoms with van der Waals surface area (Å²) in [7, 11) is 0. The molecule has 0 spiro atoms. The molecule has 1 heterocycles. The Morgan fingerprint density at radius 1 is 1.30 bits per heavy atom. The zero-order valence-corrected chi connectivity index (χ0v) is 12.0. The lowest BCUT2D eigenvalue weighted by atomic mass is 10.0. The lowest BCUT2D eigenvalue weighted by molar-refractivity contribution is -0.137. The number of carboxylic acids is 1. The van der Waals surface area contributed by atoms with Crippen LogP contribution in [0.4, 0.5) is 0 Å². The van der Waals surface area contributed by atoms with Crippen LogP contribution in [-0.2, 0) is 9.59 Å². The second-order valence-corrected chi connectivity index (χ2v) is 5.42. The molecule has 108 valence electrons. The number of aliphatic carboxylic acids is 1. The predicted molar refractivity (Wildman–Crippen MR) is 76.6 cm³/mol. The standard InChI is InChI=1S/C15H18ClNO3/c16-12-6-2-1-5-11(12)13-7-4-10-17(13)14(18)8-3-9-15(19)20/h1-2,5-6,13H,3-4,7-10H2,(H,19,20). The maximum atomic E-state index is 12.2. The average molecular weight is 296 g/mol. The molecule has 1 aliphatic rings. The number of carbonyl (C=O) groups is 2. The van der Waals surface area contributed by atoms with Gasteiger partial charge >= 0.3 is 5.97 Å². The van der Waals surface area contributed by atoms with Crippen molar-refractivity contribution < 1.29 is 14.7 Å². The molecule has 1 atom stereocenters. The zero-order valence-electron chi connectivity index (χ0n) is 11.2. The first kappa shape index (κ1) is 14.9. The van der Waals surface area contributed by atoms with Gasteiger partial charge in [0.05, 0.1) is 6.04 Å². The van der Waals surface area contributed by atoms with E-state index in [1.54, 1.807) is 0 Å². The number of carboxylic acid groups (broad SMARTS) is 1. The molecular weight excluding hydrogens is 278 g/mol. The third-order valence-corrected chi connectivity index (χ3v) is 3.96. The van der Waals surface area contributed by atoms with E-state index in [1.807, 2.05) is 29.2 Å². The molecule has 2 rings (SSSR count). The van der Waals surface area contributed by atoms with Gasteiger partial charge in [-0.3, -0.25) is 9.59 Å². The van der Waals surface area contributed by atoms with Crippen molar-refractivity contribution in [2.45, 2.75) is 38.1 Å². The van der Waals surface area contributed by atoms with Crippen molar-refractivity contribution in [3.63, 3.8) is 0 Å². The summed E-state index contributed by atoms with van der Waals surface area (Å²) in [6.07, 6.45) is 2.58. The Hall–Kier alpha value is -1.55. The third-order valence-electron chi connectivity index (χ3n) is 3.62. The first-order valence-electron chi connectivity index (χ1n) is 6.85. The van der Waals surface area contributed by atoms with E-state index in [0.29, 0.717) is 11.4 Å². The number of benzene rings is 1. The highest BCUT2D eigenvalue weighted by Gasteiger charge is 2.30. The van der Waals surface area contributed by atoms with Gasteiger partial charge in [0, 0.05) is 24.4 Å². The van der Waals surface area contributed by atoms with Gasteiger partial charge in [-0.15, -0.1) is 0 Å². The van der Waals surface area contributed by atoms with Crippen molar-refractivity contribution >= 4 is 23.5 Å². The van der Waals surface area contributed by atoms with Gasteiger partial charge in [-0.2, -0.15) is 0 Å². The lowest BCUT2D eigenvalue weighted by Gasteiger charge is -2.25. The molecule has 4 nitrogen and oxygen atoms in total. The molecule has 1 saturated heterocycles. The highest BCUT2D eigenvalue weighted by Crippen LogP contribution is 2.36. The van der Waals surface area contributed by atoms with Crippen LogP contribution in [0.15, 0.2) is 24.3 Å². The van der Waals surface area contributed by atoms with E-state index < -0.39 is 5.97 Å². The smallest absolute Gasteiger partial charge is 0.303 e. The zero-order chi connectivity index (χ0) is 14.5. The molecule has 1 fully saturated rings. The van der Waals surface area contributed by atoms with Gasteiger partial charge in [-0.1, -0.05) is 29.8 Å². The van der Waals surface area contributed by atoms with E-state index in [4.69, 9.17) is 16.7 Å². The summed E-state index contributed by atoms with van der Waals surface area (Å²) in [5, 5.41) is 9.30. The topological polar surface area (TPSA) is 57.6 Å². The van der Waals surface area contributed by atoms with Gasteiger partial charge in [0.15, 0.2) is 0 Å². The Balaban J connectivity index is 2.02. The van der Waals surface area contributed by atoms with Crippen LogP contribution in [0.1, 0.15) is 43.7 Å². The molecule has 1 aliphatic heterocycles. The quantitative estimate of drug-likeness (QED) is 0.907. The fourth-order valence-corrected chi connectivity index (χ4v) is 2.93. The van der Waals surface area contributed by atoms with Crippen LogP contribution in [0.25, 0.3) is 0 Å². The number of nitrogens with zero attached hydrogens (tertiary/aromatic N) is 1. The van der Waals surface area contributed by atoms with Crippen molar-refractivity contribution in [1.29, 1.82) is 0 Å². The summed E-state index contributed by atoms with van der Waals surface area (Å²) in [5.74, 6) is -0.837. The summed E-state index contributed by atoms with van der Waals surface area (Å²) in [4.78, 5) is 24.5. The fourth-order valence-electron chi connectivity index (χ4n) is 2.67. The maximum absolute atomic E-state index is 12.2. The Kier molecular flexibility index (Phi) is 5.01.